The number of benzene rings is 2. The second-order valence-corrected chi connectivity index (χ2v) is 7.32. The van der Waals surface area contributed by atoms with Crippen LogP contribution in [0.15, 0.2) is 57.7 Å². The van der Waals surface area contributed by atoms with Gasteiger partial charge in [-0.2, -0.15) is 0 Å². The van der Waals surface area contributed by atoms with Crippen LogP contribution in [0.25, 0.3) is 11.1 Å². The number of para-hydroxylation sites is 2. The van der Waals surface area contributed by atoms with E-state index < -0.39 is 5.76 Å². The number of hydrogen-bond donors (Lipinski definition) is 1. The first-order chi connectivity index (χ1) is 14.1. The van der Waals surface area contributed by atoms with Crippen molar-refractivity contribution < 1.29 is 18.7 Å². The van der Waals surface area contributed by atoms with Crippen molar-refractivity contribution in [2.75, 3.05) is 26.9 Å². The normalized spacial score (nSPS) is 15.9. The number of hydrogen-bond acceptors (Lipinski definition) is 5. The number of ether oxygens (including phenoxy) is 2. The number of fused-ring (bicyclic) bond motifs is 1. The molecule has 0 bridgehead atoms. The summed E-state index contributed by atoms with van der Waals surface area (Å²) in [4.78, 5) is 24.8. The summed E-state index contributed by atoms with van der Waals surface area (Å²) in [5.41, 5.74) is 2.03. The lowest BCUT2D eigenvalue weighted by Gasteiger charge is -2.38. The Kier molecular flexibility index (Phi) is 5.40. The summed E-state index contributed by atoms with van der Waals surface area (Å²) < 4.78 is 17.4. The number of rotatable bonds is 6. The van der Waals surface area contributed by atoms with Crippen LogP contribution in [-0.4, -0.2) is 37.3 Å². The van der Waals surface area contributed by atoms with Crippen LogP contribution < -0.4 is 15.8 Å². The lowest BCUT2D eigenvalue weighted by Crippen LogP contribution is -2.45. The molecule has 0 saturated carbocycles. The van der Waals surface area contributed by atoms with Crippen molar-refractivity contribution in [2.24, 2.45) is 0 Å². The zero-order valence-corrected chi connectivity index (χ0v) is 16.3. The van der Waals surface area contributed by atoms with Gasteiger partial charge in [-0.15, -0.1) is 0 Å². The zero-order valence-electron chi connectivity index (χ0n) is 16.3. The van der Waals surface area contributed by atoms with Gasteiger partial charge < -0.3 is 19.2 Å². The highest BCUT2D eigenvalue weighted by Crippen LogP contribution is 2.35. The number of amides is 1. The summed E-state index contributed by atoms with van der Waals surface area (Å²) in [5, 5.41) is 3.02. The van der Waals surface area contributed by atoms with Crippen molar-refractivity contribution in [3.63, 3.8) is 0 Å². The Balaban J connectivity index is 1.50. The van der Waals surface area contributed by atoms with Crippen LogP contribution in [0.2, 0.25) is 0 Å². The van der Waals surface area contributed by atoms with Gasteiger partial charge >= 0.3 is 5.76 Å². The molecule has 2 aromatic carbocycles. The van der Waals surface area contributed by atoms with Crippen molar-refractivity contribution in [1.82, 2.24) is 9.88 Å². The van der Waals surface area contributed by atoms with E-state index in [0.29, 0.717) is 30.9 Å². The summed E-state index contributed by atoms with van der Waals surface area (Å²) in [6.07, 6.45) is 1.63. The molecular weight excluding hydrogens is 372 g/mol. The fraction of sp³-hybridized carbons (Fsp3) is 0.364. The van der Waals surface area contributed by atoms with Crippen LogP contribution in [-0.2, 0) is 21.5 Å². The lowest BCUT2D eigenvalue weighted by molar-refractivity contribution is -0.122. The molecule has 0 atom stereocenters. The van der Waals surface area contributed by atoms with Crippen molar-refractivity contribution in [1.29, 1.82) is 0 Å². The lowest BCUT2D eigenvalue weighted by atomic mass is 9.74. The Bertz CT molecular complexity index is 1040. The number of carbonyl (C=O) groups is 1. The number of carbonyl (C=O) groups excluding carboxylic acids is 1. The zero-order chi connectivity index (χ0) is 20.3. The van der Waals surface area contributed by atoms with Gasteiger partial charge in [-0.3, -0.25) is 9.36 Å². The highest BCUT2D eigenvalue weighted by molar-refractivity contribution is 5.79. The summed E-state index contributed by atoms with van der Waals surface area (Å²) >= 11 is 0. The van der Waals surface area contributed by atoms with E-state index in [9.17, 15) is 9.59 Å². The van der Waals surface area contributed by atoms with Gasteiger partial charge in [0.15, 0.2) is 5.58 Å². The molecule has 29 heavy (non-hydrogen) atoms. The van der Waals surface area contributed by atoms with Gasteiger partial charge in [0.05, 0.1) is 12.6 Å². The third-order valence-electron chi connectivity index (χ3n) is 5.65. The molecule has 1 aliphatic rings. The monoisotopic (exact) mass is 396 g/mol. The average molecular weight is 396 g/mol. The molecule has 2 heterocycles. The summed E-state index contributed by atoms with van der Waals surface area (Å²) in [5.74, 6) is 0.0431. The minimum absolute atomic E-state index is 0.0783. The Morgan fingerprint density at radius 3 is 2.59 bits per heavy atom. The van der Waals surface area contributed by atoms with E-state index in [1.54, 1.807) is 25.3 Å². The third-order valence-corrected chi connectivity index (χ3v) is 5.65. The molecule has 0 spiro atoms. The molecule has 7 heteroatoms. The molecule has 1 aromatic heterocycles. The van der Waals surface area contributed by atoms with Crippen molar-refractivity contribution in [3.8, 4) is 5.75 Å². The van der Waals surface area contributed by atoms with Crippen LogP contribution in [0.3, 0.4) is 0 Å². The maximum Gasteiger partial charge on any atom is 0.420 e. The highest BCUT2D eigenvalue weighted by Gasteiger charge is 2.35. The van der Waals surface area contributed by atoms with E-state index in [0.717, 1.165) is 24.2 Å². The first kappa shape index (κ1) is 19.3. The van der Waals surface area contributed by atoms with Gasteiger partial charge in [-0.05, 0) is 42.7 Å². The summed E-state index contributed by atoms with van der Waals surface area (Å²) in [6, 6.07) is 15.0. The Morgan fingerprint density at radius 2 is 1.86 bits per heavy atom. The van der Waals surface area contributed by atoms with Gasteiger partial charge in [0, 0.05) is 25.2 Å². The minimum Gasteiger partial charge on any atom is -0.497 e. The van der Waals surface area contributed by atoms with Gasteiger partial charge in [-0.1, -0.05) is 24.3 Å². The molecule has 1 aliphatic heterocycles. The predicted molar refractivity (Wildman–Crippen MR) is 108 cm³/mol. The Hall–Kier alpha value is -3.06. The molecule has 7 nitrogen and oxygen atoms in total. The van der Waals surface area contributed by atoms with E-state index in [2.05, 4.69) is 5.32 Å². The topological polar surface area (TPSA) is 82.7 Å². The third kappa shape index (κ3) is 3.91. The fourth-order valence-electron chi connectivity index (χ4n) is 3.91. The number of aromatic nitrogens is 1. The second kappa shape index (κ2) is 8.13. The molecule has 3 aromatic rings. The smallest absolute Gasteiger partial charge is 0.420 e. The van der Waals surface area contributed by atoms with Gasteiger partial charge in [0.1, 0.15) is 12.3 Å². The standard InChI is InChI=1S/C22H24N2O5/c1-27-17-8-6-16(7-9-17)22(10-12-28-13-11-22)15-23-20(25)14-24-18-4-2-3-5-19(18)29-21(24)26/h2-9H,10-15H2,1H3,(H,23,25). The summed E-state index contributed by atoms with van der Waals surface area (Å²) in [6.45, 7) is 1.69. The molecule has 0 aliphatic carbocycles. The molecule has 1 saturated heterocycles. The number of nitrogens with one attached hydrogen (secondary N) is 1. The first-order valence-corrected chi connectivity index (χ1v) is 9.69. The first-order valence-electron chi connectivity index (χ1n) is 9.69. The average Bonchev–Trinajstić information content (AvgIpc) is 3.08. The van der Waals surface area contributed by atoms with Gasteiger partial charge in [0.25, 0.3) is 0 Å². The highest BCUT2D eigenvalue weighted by atomic mass is 16.5. The van der Waals surface area contributed by atoms with Crippen LogP contribution in [0.5, 0.6) is 5.75 Å². The van der Waals surface area contributed by atoms with Gasteiger partial charge in [-0.25, -0.2) is 4.79 Å². The predicted octanol–water partition coefficient (Wildman–Crippen LogP) is 2.47. The molecule has 1 fully saturated rings. The minimum atomic E-state index is -0.530. The molecule has 0 radical (unpaired) electrons. The van der Waals surface area contributed by atoms with E-state index >= 15 is 0 Å². The van der Waals surface area contributed by atoms with Crippen LogP contribution >= 0.6 is 0 Å². The molecule has 0 unspecified atom stereocenters. The maximum atomic E-state index is 12.7. The molecular formula is C22H24N2O5. The fourth-order valence-corrected chi connectivity index (χ4v) is 3.91. The molecule has 1 amide bonds. The van der Waals surface area contributed by atoms with Crippen molar-refractivity contribution >= 4 is 17.0 Å². The van der Waals surface area contributed by atoms with Gasteiger partial charge in [0.2, 0.25) is 5.91 Å². The maximum absolute atomic E-state index is 12.7. The second-order valence-electron chi connectivity index (χ2n) is 7.32. The summed E-state index contributed by atoms with van der Waals surface area (Å²) in [7, 11) is 1.64. The molecule has 4 rings (SSSR count). The quantitative estimate of drug-likeness (QED) is 0.692. The SMILES string of the molecule is COc1ccc(C2(CNC(=O)Cn3c(=O)oc4ccccc43)CCOCC2)cc1. The number of oxazole rings is 1. The van der Waals surface area contributed by atoms with Crippen molar-refractivity contribution in [2.45, 2.75) is 24.8 Å². The number of nitrogens with zero attached hydrogens (tertiary/aromatic N) is 1. The van der Waals surface area contributed by atoms with Crippen LogP contribution in [0.1, 0.15) is 18.4 Å². The van der Waals surface area contributed by atoms with E-state index in [1.165, 1.54) is 4.57 Å². The Labute approximate surface area is 168 Å². The van der Waals surface area contributed by atoms with Crippen LogP contribution in [0, 0.1) is 0 Å². The Morgan fingerprint density at radius 1 is 1.14 bits per heavy atom. The number of methoxy groups -OCH3 is 1. The molecule has 152 valence electrons. The molecule has 1 N–H and O–H groups in total. The van der Waals surface area contributed by atoms with Crippen LogP contribution in [0.4, 0.5) is 0 Å². The van der Waals surface area contributed by atoms with E-state index in [-0.39, 0.29) is 17.9 Å². The van der Waals surface area contributed by atoms with Crippen molar-refractivity contribution in [3.05, 3.63) is 64.6 Å². The van der Waals surface area contributed by atoms with E-state index in [4.69, 9.17) is 13.9 Å². The largest absolute Gasteiger partial charge is 0.497 e. The van der Waals surface area contributed by atoms with E-state index in [1.807, 2.05) is 30.3 Å².